The molecule has 10 nitrogen and oxygen atoms in total. The normalized spacial score (nSPS) is 12.1. The van der Waals surface area contributed by atoms with Crippen molar-refractivity contribution < 1.29 is 9.53 Å². The molecule has 0 spiro atoms. The van der Waals surface area contributed by atoms with E-state index in [4.69, 9.17) is 4.74 Å². The lowest BCUT2D eigenvalue weighted by atomic mass is 10.2. The van der Waals surface area contributed by atoms with Crippen molar-refractivity contribution in [2.45, 2.75) is 6.42 Å². The maximum atomic E-state index is 13.0. The van der Waals surface area contributed by atoms with Crippen molar-refractivity contribution in [3.05, 3.63) is 33.3 Å². The van der Waals surface area contributed by atoms with Crippen LogP contribution in [0, 0.1) is 0 Å². The average molecular weight is 487 g/mol. The average Bonchev–Trinajstić information content (AvgIpc) is 3.07. The highest BCUT2D eigenvalue weighted by Gasteiger charge is 2.23. The summed E-state index contributed by atoms with van der Waals surface area (Å²) >= 11 is 3.57. The number of anilines is 2. The molecule has 1 amide bonds. The van der Waals surface area contributed by atoms with Gasteiger partial charge in [-0.25, -0.2) is 15.0 Å². The molecule has 162 valence electrons. The quantitative estimate of drug-likeness (QED) is 0.492. The van der Waals surface area contributed by atoms with Gasteiger partial charge < -0.3 is 24.8 Å². The molecule has 31 heavy (non-hydrogen) atoms. The number of rotatable bonds is 8. The zero-order valence-electron chi connectivity index (χ0n) is 17.7. The van der Waals surface area contributed by atoms with Crippen LogP contribution in [0.4, 0.5) is 11.5 Å². The van der Waals surface area contributed by atoms with Crippen LogP contribution in [0.3, 0.4) is 0 Å². The lowest BCUT2D eigenvalue weighted by molar-refractivity contribution is 0.0785. The number of hydrogen-bond acceptors (Lipinski definition) is 8. The molecule has 4 rings (SSSR count). The van der Waals surface area contributed by atoms with Gasteiger partial charge in [0.2, 0.25) is 5.88 Å². The van der Waals surface area contributed by atoms with E-state index < -0.39 is 0 Å². The summed E-state index contributed by atoms with van der Waals surface area (Å²) in [7, 11) is 7.37. The molecule has 0 atom stereocenters. The Balaban J connectivity index is 1.65. The Morgan fingerprint density at radius 2 is 2.06 bits per heavy atom. The summed E-state index contributed by atoms with van der Waals surface area (Å²) in [4.78, 5) is 37.1. The van der Waals surface area contributed by atoms with Crippen LogP contribution >= 0.6 is 15.9 Å². The fourth-order valence-corrected chi connectivity index (χ4v) is 3.93. The molecule has 4 heterocycles. The van der Waals surface area contributed by atoms with Gasteiger partial charge in [0.15, 0.2) is 5.49 Å². The molecule has 0 bridgehead atoms. The van der Waals surface area contributed by atoms with Crippen LogP contribution in [-0.2, 0) is 0 Å². The lowest BCUT2D eigenvalue weighted by Gasteiger charge is -2.18. The number of aromatic amines is 1. The van der Waals surface area contributed by atoms with Crippen LogP contribution in [0.25, 0.3) is 17.2 Å². The minimum atomic E-state index is -0.119. The number of hydrogen-bond donors (Lipinski definition) is 2. The number of carbonyl (C=O) groups is 1. The van der Waals surface area contributed by atoms with Crippen molar-refractivity contribution in [1.29, 1.82) is 0 Å². The first-order valence-electron chi connectivity index (χ1n) is 9.71. The number of halogens is 1. The first-order chi connectivity index (χ1) is 14.9. The number of pyridine rings is 1. The predicted molar refractivity (Wildman–Crippen MR) is 121 cm³/mol. The van der Waals surface area contributed by atoms with E-state index in [2.05, 4.69) is 51.1 Å². The van der Waals surface area contributed by atoms with Crippen molar-refractivity contribution in [1.82, 2.24) is 29.7 Å². The summed E-state index contributed by atoms with van der Waals surface area (Å²) in [5, 5.41) is 4.84. The van der Waals surface area contributed by atoms with Crippen molar-refractivity contribution >= 4 is 50.6 Å². The third-order valence-electron chi connectivity index (χ3n) is 4.96. The summed E-state index contributed by atoms with van der Waals surface area (Å²) in [6, 6.07) is 1.90. The Bertz CT molecular complexity index is 1270. The molecule has 3 aromatic heterocycles. The molecule has 1 aliphatic rings. The molecule has 0 saturated heterocycles. The Morgan fingerprint density at radius 1 is 1.26 bits per heavy atom. The van der Waals surface area contributed by atoms with E-state index in [1.54, 1.807) is 25.3 Å². The van der Waals surface area contributed by atoms with Gasteiger partial charge in [0.05, 0.1) is 17.0 Å². The SMILES string of the molecule is COc1nc2c(cc1Nc1ncnc3[nH]c(C(=O)N(C)CCCN(C)C)c(Br)c13)=CN=2. The highest BCUT2D eigenvalue weighted by Crippen LogP contribution is 2.34. The van der Waals surface area contributed by atoms with E-state index in [9.17, 15) is 4.79 Å². The van der Waals surface area contributed by atoms with Crippen LogP contribution in [0.15, 0.2) is 21.9 Å². The Morgan fingerprint density at radius 3 is 2.74 bits per heavy atom. The van der Waals surface area contributed by atoms with Gasteiger partial charge in [0, 0.05) is 25.0 Å². The molecule has 2 N–H and O–H groups in total. The number of methoxy groups -OCH3 is 1. The molecular formula is C20H23BrN8O2. The molecule has 11 heteroatoms. The number of nitrogens with one attached hydrogen (secondary N) is 2. The van der Waals surface area contributed by atoms with Gasteiger partial charge in [-0.05, 0) is 49.1 Å². The molecule has 0 unspecified atom stereocenters. The summed E-state index contributed by atoms with van der Waals surface area (Å²) < 4.78 is 5.99. The van der Waals surface area contributed by atoms with E-state index in [1.165, 1.54) is 6.33 Å². The molecule has 1 aliphatic heterocycles. The van der Waals surface area contributed by atoms with Crippen molar-refractivity contribution in [3.63, 3.8) is 0 Å². The minimum Gasteiger partial charge on any atom is -0.479 e. The third-order valence-corrected chi connectivity index (χ3v) is 5.75. The third kappa shape index (κ3) is 4.10. The van der Waals surface area contributed by atoms with Crippen LogP contribution in [-0.4, -0.2) is 77.0 Å². The van der Waals surface area contributed by atoms with Crippen molar-refractivity contribution in [3.8, 4) is 5.88 Å². The molecule has 0 aromatic carbocycles. The molecule has 0 saturated carbocycles. The second-order valence-corrected chi connectivity index (χ2v) is 8.28. The Labute approximate surface area is 187 Å². The van der Waals surface area contributed by atoms with Gasteiger partial charge in [-0.15, -0.1) is 0 Å². The van der Waals surface area contributed by atoms with Gasteiger partial charge in [0.25, 0.3) is 5.91 Å². The smallest absolute Gasteiger partial charge is 0.271 e. The summed E-state index contributed by atoms with van der Waals surface area (Å²) in [6.45, 7) is 1.56. The first kappa shape index (κ1) is 21.2. The van der Waals surface area contributed by atoms with Gasteiger partial charge in [0.1, 0.15) is 29.2 Å². The van der Waals surface area contributed by atoms with Crippen LogP contribution in [0.2, 0.25) is 0 Å². The summed E-state index contributed by atoms with van der Waals surface area (Å²) in [5.74, 6) is 0.816. The zero-order valence-corrected chi connectivity index (χ0v) is 19.3. The molecule has 3 aromatic rings. The second kappa shape index (κ2) is 8.60. The summed E-state index contributed by atoms with van der Waals surface area (Å²) in [6.07, 6.45) is 4.05. The largest absolute Gasteiger partial charge is 0.479 e. The van der Waals surface area contributed by atoms with Gasteiger partial charge >= 0.3 is 0 Å². The van der Waals surface area contributed by atoms with E-state index >= 15 is 0 Å². The second-order valence-electron chi connectivity index (χ2n) is 7.48. The Hall–Kier alpha value is -3.05. The van der Waals surface area contributed by atoms with E-state index in [0.29, 0.717) is 50.6 Å². The monoisotopic (exact) mass is 486 g/mol. The first-order valence-corrected chi connectivity index (χ1v) is 10.5. The van der Waals surface area contributed by atoms with Crippen LogP contribution in [0.5, 0.6) is 5.88 Å². The maximum absolute atomic E-state index is 13.0. The van der Waals surface area contributed by atoms with Gasteiger partial charge in [-0.2, -0.15) is 4.98 Å². The number of H-pyrrole nitrogens is 1. The number of fused-ring (bicyclic) bond motifs is 2. The molecular weight excluding hydrogens is 464 g/mol. The van der Waals surface area contributed by atoms with Crippen LogP contribution < -0.4 is 20.8 Å². The molecule has 0 fully saturated rings. The van der Waals surface area contributed by atoms with Crippen molar-refractivity contribution in [2.24, 2.45) is 4.99 Å². The standard InChI is InChI=1S/C20H23BrN8O2/c1-28(2)6-5-7-29(3)20(30)15-14(21)13-17(23-10-24-18(13)26-15)25-12-8-11-9-22-16(11)27-19(12)31-4/h8-10H,5-7H2,1-4H3,(H2,23,24,25,26). The van der Waals surface area contributed by atoms with Gasteiger partial charge in [-0.1, -0.05) is 0 Å². The maximum Gasteiger partial charge on any atom is 0.271 e. The topological polar surface area (TPSA) is 112 Å². The predicted octanol–water partition coefficient (Wildman–Crippen LogP) is 1.26. The fourth-order valence-electron chi connectivity index (χ4n) is 3.28. The van der Waals surface area contributed by atoms with Crippen molar-refractivity contribution in [2.75, 3.05) is 46.7 Å². The van der Waals surface area contributed by atoms with E-state index in [1.807, 2.05) is 20.2 Å². The zero-order chi connectivity index (χ0) is 22.1. The molecule has 0 aliphatic carbocycles. The summed E-state index contributed by atoms with van der Waals surface area (Å²) in [5.41, 5.74) is 2.27. The van der Waals surface area contributed by atoms with Gasteiger partial charge in [-0.3, -0.25) is 4.79 Å². The highest BCUT2D eigenvalue weighted by molar-refractivity contribution is 9.10. The van der Waals surface area contributed by atoms with E-state index in [0.717, 1.165) is 18.2 Å². The highest BCUT2D eigenvalue weighted by atomic mass is 79.9. The molecule has 0 radical (unpaired) electrons. The number of amides is 1. The van der Waals surface area contributed by atoms with E-state index in [-0.39, 0.29) is 5.91 Å². The minimum absolute atomic E-state index is 0.119. The number of carbonyl (C=O) groups excluding carboxylic acids is 1. The number of aromatic nitrogens is 4. The number of nitrogens with zero attached hydrogens (tertiary/aromatic N) is 6. The number of ether oxygens (including phenoxy) is 1. The fraction of sp³-hybridized carbons (Fsp3) is 0.350. The lowest BCUT2D eigenvalue weighted by Crippen LogP contribution is -2.34. The Kier molecular flexibility index (Phi) is 5.88. The van der Waals surface area contributed by atoms with Crippen LogP contribution in [0.1, 0.15) is 16.9 Å².